The minimum absolute atomic E-state index is 0.0834. The van der Waals surface area contributed by atoms with Crippen molar-refractivity contribution in [2.24, 2.45) is 0 Å². The molecule has 2 aliphatic heterocycles. The third-order valence-electron chi connectivity index (χ3n) is 5.90. The van der Waals surface area contributed by atoms with E-state index in [1.165, 1.54) is 31.4 Å². The second-order valence-electron chi connectivity index (χ2n) is 8.06. The predicted octanol–water partition coefficient (Wildman–Crippen LogP) is 2.45. The molecule has 2 aliphatic rings. The van der Waals surface area contributed by atoms with Crippen LogP contribution in [0.1, 0.15) is 35.2 Å². The number of carbonyl (C=O) groups is 2. The molecule has 4 rings (SSSR count). The van der Waals surface area contributed by atoms with E-state index in [2.05, 4.69) is 15.2 Å². The van der Waals surface area contributed by atoms with E-state index >= 15 is 0 Å². The average molecular weight is 424 g/mol. The molecule has 0 spiro atoms. The first kappa shape index (κ1) is 21.0. The van der Waals surface area contributed by atoms with E-state index in [9.17, 15) is 14.7 Å². The van der Waals surface area contributed by atoms with Crippen molar-refractivity contribution in [3.05, 3.63) is 53.7 Å². The lowest BCUT2D eigenvalue weighted by Gasteiger charge is -2.34. The van der Waals surface area contributed by atoms with Crippen molar-refractivity contribution in [2.75, 3.05) is 44.2 Å². The largest absolute Gasteiger partial charge is 0.508 e. The number of piperidine rings is 1. The Balaban J connectivity index is 1.23. The number of nitrogens with zero attached hydrogens (tertiary/aromatic N) is 4. The first-order valence-electron chi connectivity index (χ1n) is 10.9. The Hall–Kier alpha value is -3.29. The van der Waals surface area contributed by atoms with Gasteiger partial charge in [0, 0.05) is 57.6 Å². The summed E-state index contributed by atoms with van der Waals surface area (Å²) in [5.41, 5.74) is 1.51. The molecule has 2 saturated heterocycles. The van der Waals surface area contributed by atoms with Crippen LogP contribution in [0.2, 0.25) is 0 Å². The summed E-state index contributed by atoms with van der Waals surface area (Å²) in [7, 11) is 0. The van der Waals surface area contributed by atoms with Crippen molar-refractivity contribution >= 4 is 17.8 Å². The number of hydrogen-bond acceptors (Lipinski definition) is 5. The van der Waals surface area contributed by atoms with Crippen molar-refractivity contribution in [1.82, 2.24) is 20.1 Å². The number of phenols is 1. The van der Waals surface area contributed by atoms with Gasteiger partial charge in [-0.3, -0.25) is 4.79 Å². The third-order valence-corrected chi connectivity index (χ3v) is 5.90. The molecule has 0 bridgehead atoms. The number of phenolic OH excluding ortho intramolecular Hbond substituents is 1. The molecule has 3 heterocycles. The van der Waals surface area contributed by atoms with Gasteiger partial charge < -0.3 is 25.1 Å². The van der Waals surface area contributed by atoms with Gasteiger partial charge in [0.1, 0.15) is 11.6 Å². The van der Waals surface area contributed by atoms with Crippen LogP contribution in [0.5, 0.6) is 5.75 Å². The molecule has 2 N–H and O–H groups in total. The normalized spacial score (nSPS) is 16.8. The van der Waals surface area contributed by atoms with Crippen LogP contribution in [0.25, 0.3) is 0 Å². The lowest BCUT2D eigenvalue weighted by molar-refractivity contribution is 0.0665. The number of benzene rings is 1. The van der Waals surface area contributed by atoms with E-state index < -0.39 is 0 Å². The highest BCUT2D eigenvalue weighted by atomic mass is 16.3. The van der Waals surface area contributed by atoms with Gasteiger partial charge >= 0.3 is 6.03 Å². The van der Waals surface area contributed by atoms with Crippen LogP contribution in [-0.4, -0.2) is 71.1 Å². The number of aromatic hydroxyl groups is 1. The van der Waals surface area contributed by atoms with Crippen molar-refractivity contribution in [1.29, 1.82) is 0 Å². The molecule has 1 aromatic heterocycles. The van der Waals surface area contributed by atoms with E-state index in [0.29, 0.717) is 38.3 Å². The molecule has 31 heavy (non-hydrogen) atoms. The van der Waals surface area contributed by atoms with Crippen LogP contribution in [0.15, 0.2) is 42.6 Å². The summed E-state index contributed by atoms with van der Waals surface area (Å²) in [6.07, 6.45) is 5.55. The van der Waals surface area contributed by atoms with E-state index in [1.807, 2.05) is 18.3 Å². The molecule has 3 amide bonds. The van der Waals surface area contributed by atoms with Gasteiger partial charge in [0.2, 0.25) is 0 Å². The second kappa shape index (κ2) is 9.68. The number of amides is 3. The highest BCUT2D eigenvalue weighted by Crippen LogP contribution is 2.17. The summed E-state index contributed by atoms with van der Waals surface area (Å²) in [4.78, 5) is 35.4. The molecule has 8 heteroatoms. The van der Waals surface area contributed by atoms with Crippen LogP contribution in [0, 0.1) is 0 Å². The minimum atomic E-state index is -0.128. The lowest BCUT2D eigenvalue weighted by Crippen LogP contribution is -2.53. The molecular formula is C23H29N5O3. The molecule has 0 saturated carbocycles. The maximum atomic E-state index is 12.6. The van der Waals surface area contributed by atoms with Crippen molar-refractivity contribution < 1.29 is 14.7 Å². The Morgan fingerprint density at radius 1 is 0.871 bits per heavy atom. The zero-order valence-corrected chi connectivity index (χ0v) is 17.7. The van der Waals surface area contributed by atoms with Crippen LogP contribution >= 0.6 is 0 Å². The smallest absolute Gasteiger partial charge is 0.317 e. The first-order valence-corrected chi connectivity index (χ1v) is 10.9. The summed E-state index contributed by atoms with van der Waals surface area (Å²) in [6, 6.07) is 10.2. The fourth-order valence-corrected chi connectivity index (χ4v) is 4.02. The van der Waals surface area contributed by atoms with Crippen LogP contribution in [0.4, 0.5) is 10.6 Å². The Kier molecular flexibility index (Phi) is 6.54. The number of pyridine rings is 1. The molecule has 0 aliphatic carbocycles. The Morgan fingerprint density at radius 2 is 1.55 bits per heavy atom. The highest BCUT2D eigenvalue weighted by molar-refractivity contribution is 5.94. The standard InChI is InChI=1S/C23H29N5O3/c29-20-7-5-19(6-8-20)22(30)27-12-14-28(15-13-27)23(31)25-17-18-4-9-21(24-16-18)26-10-2-1-3-11-26/h4-9,16,29H,1-3,10-15,17H2,(H,25,31). The van der Waals surface area contributed by atoms with E-state index in [4.69, 9.17) is 0 Å². The third kappa shape index (κ3) is 5.25. The molecular weight excluding hydrogens is 394 g/mol. The fourth-order valence-electron chi connectivity index (χ4n) is 4.02. The molecule has 8 nitrogen and oxygen atoms in total. The fraction of sp³-hybridized carbons (Fsp3) is 0.435. The lowest BCUT2D eigenvalue weighted by atomic mass is 10.1. The predicted molar refractivity (Wildman–Crippen MR) is 118 cm³/mol. The molecule has 0 radical (unpaired) electrons. The summed E-state index contributed by atoms with van der Waals surface area (Å²) in [6.45, 7) is 4.50. The van der Waals surface area contributed by atoms with Crippen molar-refractivity contribution in [3.63, 3.8) is 0 Å². The summed E-state index contributed by atoms with van der Waals surface area (Å²) in [5, 5.41) is 12.3. The number of piperazine rings is 1. The monoisotopic (exact) mass is 423 g/mol. The Labute approximate surface area is 182 Å². The molecule has 0 unspecified atom stereocenters. The number of carbonyl (C=O) groups excluding carboxylic acids is 2. The first-order chi connectivity index (χ1) is 15.1. The van der Waals surface area contributed by atoms with E-state index in [-0.39, 0.29) is 17.7 Å². The van der Waals surface area contributed by atoms with Crippen molar-refractivity contribution in [3.8, 4) is 5.75 Å². The number of anilines is 1. The van der Waals surface area contributed by atoms with Crippen LogP contribution in [-0.2, 0) is 6.54 Å². The van der Waals surface area contributed by atoms with E-state index in [1.54, 1.807) is 21.9 Å². The molecule has 2 aromatic rings. The number of urea groups is 1. The average Bonchev–Trinajstić information content (AvgIpc) is 2.83. The molecule has 1 aromatic carbocycles. The second-order valence-corrected chi connectivity index (χ2v) is 8.06. The summed E-state index contributed by atoms with van der Waals surface area (Å²) < 4.78 is 0. The maximum Gasteiger partial charge on any atom is 0.317 e. The number of hydrogen-bond donors (Lipinski definition) is 2. The maximum absolute atomic E-state index is 12.6. The number of nitrogens with one attached hydrogen (secondary N) is 1. The topological polar surface area (TPSA) is 89.0 Å². The van der Waals surface area contributed by atoms with Crippen LogP contribution in [0.3, 0.4) is 0 Å². The zero-order valence-electron chi connectivity index (χ0n) is 17.7. The summed E-state index contributed by atoms with van der Waals surface area (Å²) in [5.74, 6) is 1.05. The minimum Gasteiger partial charge on any atom is -0.508 e. The highest BCUT2D eigenvalue weighted by Gasteiger charge is 2.24. The van der Waals surface area contributed by atoms with Gasteiger partial charge in [0.15, 0.2) is 0 Å². The zero-order chi connectivity index (χ0) is 21.6. The van der Waals surface area contributed by atoms with Crippen molar-refractivity contribution in [2.45, 2.75) is 25.8 Å². The van der Waals surface area contributed by atoms with Crippen LogP contribution < -0.4 is 10.2 Å². The van der Waals surface area contributed by atoms with Gasteiger partial charge in [-0.1, -0.05) is 6.07 Å². The molecule has 164 valence electrons. The number of rotatable bonds is 4. The van der Waals surface area contributed by atoms with E-state index in [0.717, 1.165) is 24.5 Å². The van der Waals surface area contributed by atoms with Gasteiger partial charge in [0.05, 0.1) is 0 Å². The summed E-state index contributed by atoms with van der Waals surface area (Å²) >= 11 is 0. The Bertz CT molecular complexity index is 886. The number of aromatic nitrogens is 1. The SMILES string of the molecule is O=C(NCc1ccc(N2CCCCC2)nc1)N1CCN(C(=O)c2ccc(O)cc2)CC1. The quantitative estimate of drug-likeness (QED) is 0.789. The molecule has 0 atom stereocenters. The van der Waals surface area contributed by atoms with Gasteiger partial charge in [-0.05, 0) is 55.2 Å². The van der Waals surface area contributed by atoms with Gasteiger partial charge in [-0.25, -0.2) is 9.78 Å². The molecule has 2 fully saturated rings. The Morgan fingerprint density at radius 3 is 2.19 bits per heavy atom. The van der Waals surface area contributed by atoms with Gasteiger partial charge in [-0.15, -0.1) is 0 Å². The van der Waals surface area contributed by atoms with Gasteiger partial charge in [0.25, 0.3) is 5.91 Å². The van der Waals surface area contributed by atoms with Gasteiger partial charge in [-0.2, -0.15) is 0 Å².